The molecule has 1 heterocycles. The van der Waals surface area contributed by atoms with Crippen molar-refractivity contribution < 1.29 is 14.3 Å². The van der Waals surface area contributed by atoms with Gasteiger partial charge in [0.1, 0.15) is 0 Å². The Hall–Kier alpha value is -1.33. The molecule has 0 unspecified atom stereocenters. The lowest BCUT2D eigenvalue weighted by atomic mass is 10.1. The fourth-order valence-electron chi connectivity index (χ4n) is 1.93. The summed E-state index contributed by atoms with van der Waals surface area (Å²) in [6.45, 7) is 4.69. The Kier molecular flexibility index (Phi) is 6.92. The van der Waals surface area contributed by atoms with Crippen LogP contribution in [0.5, 0.6) is 0 Å². The SMILES string of the molecule is CC.COC(=O)C(=O)c1cn(CCBr)c2ccc(Cl)cc12. The van der Waals surface area contributed by atoms with E-state index in [1.807, 2.05) is 24.5 Å². The number of ether oxygens (including phenoxy) is 1. The van der Waals surface area contributed by atoms with E-state index in [0.29, 0.717) is 22.5 Å². The van der Waals surface area contributed by atoms with Gasteiger partial charge in [0.25, 0.3) is 5.78 Å². The molecule has 1 aromatic carbocycles. The van der Waals surface area contributed by atoms with Gasteiger partial charge < -0.3 is 9.30 Å². The third kappa shape index (κ3) is 3.86. The average Bonchev–Trinajstić information content (AvgIpc) is 2.86. The highest BCUT2D eigenvalue weighted by molar-refractivity contribution is 9.09. The fraction of sp³-hybridized carbons (Fsp3) is 0.333. The number of ketones is 1. The van der Waals surface area contributed by atoms with Crippen LogP contribution in [0.25, 0.3) is 10.9 Å². The highest BCUT2D eigenvalue weighted by atomic mass is 79.9. The number of carbonyl (C=O) groups excluding carboxylic acids is 2. The molecule has 0 aliphatic heterocycles. The van der Waals surface area contributed by atoms with E-state index < -0.39 is 11.8 Å². The number of carbonyl (C=O) groups is 2. The van der Waals surface area contributed by atoms with Gasteiger partial charge >= 0.3 is 5.97 Å². The fourth-order valence-corrected chi connectivity index (χ4v) is 2.48. The number of aryl methyl sites for hydroxylation is 1. The minimum atomic E-state index is -0.877. The van der Waals surface area contributed by atoms with Crippen LogP contribution in [0.2, 0.25) is 5.02 Å². The van der Waals surface area contributed by atoms with E-state index in [0.717, 1.165) is 10.8 Å². The zero-order valence-electron chi connectivity index (χ0n) is 12.2. The average molecular weight is 375 g/mol. The van der Waals surface area contributed by atoms with Gasteiger partial charge in [-0.2, -0.15) is 0 Å². The van der Waals surface area contributed by atoms with Crippen LogP contribution in [0.1, 0.15) is 24.2 Å². The summed E-state index contributed by atoms with van der Waals surface area (Å²) in [5.74, 6) is -1.54. The number of aromatic nitrogens is 1. The molecule has 0 aliphatic rings. The number of hydrogen-bond acceptors (Lipinski definition) is 3. The number of benzene rings is 1. The van der Waals surface area contributed by atoms with Gasteiger partial charge in [0.05, 0.1) is 12.7 Å². The topological polar surface area (TPSA) is 48.3 Å². The van der Waals surface area contributed by atoms with Crippen LogP contribution in [-0.4, -0.2) is 28.8 Å². The van der Waals surface area contributed by atoms with Crippen LogP contribution in [-0.2, 0) is 16.1 Å². The molecule has 6 heteroatoms. The Morgan fingerprint density at radius 2 is 2.00 bits per heavy atom. The second-order valence-electron chi connectivity index (χ2n) is 3.91. The largest absolute Gasteiger partial charge is 0.463 e. The minimum Gasteiger partial charge on any atom is -0.463 e. The Labute approximate surface area is 137 Å². The second-order valence-corrected chi connectivity index (χ2v) is 5.14. The van der Waals surface area contributed by atoms with Crippen LogP contribution in [0, 0.1) is 0 Å². The van der Waals surface area contributed by atoms with Crippen molar-refractivity contribution in [2.24, 2.45) is 0 Å². The maximum absolute atomic E-state index is 12.0. The van der Waals surface area contributed by atoms with Crippen molar-refractivity contribution in [3.05, 3.63) is 35.0 Å². The number of hydrogen-bond donors (Lipinski definition) is 0. The normalized spacial score (nSPS) is 9.95. The molecule has 0 amide bonds. The first-order valence-corrected chi connectivity index (χ1v) is 8.05. The van der Waals surface area contributed by atoms with E-state index >= 15 is 0 Å². The smallest absolute Gasteiger partial charge is 0.379 e. The number of fused-ring (bicyclic) bond motifs is 1. The van der Waals surface area contributed by atoms with Gasteiger partial charge in [-0.15, -0.1) is 0 Å². The van der Waals surface area contributed by atoms with Gasteiger partial charge in [-0.25, -0.2) is 4.79 Å². The van der Waals surface area contributed by atoms with Gasteiger partial charge in [0, 0.05) is 34.0 Å². The number of rotatable bonds is 4. The summed E-state index contributed by atoms with van der Waals surface area (Å²) in [4.78, 5) is 23.4. The zero-order chi connectivity index (χ0) is 16.0. The molecule has 0 N–H and O–H groups in total. The van der Waals surface area contributed by atoms with Crippen molar-refractivity contribution >= 4 is 50.2 Å². The minimum absolute atomic E-state index is 0.310. The molecule has 0 bridgehead atoms. The molecule has 0 spiro atoms. The number of nitrogens with zero attached hydrogens (tertiary/aromatic N) is 1. The first-order chi connectivity index (χ1) is 10.1. The van der Waals surface area contributed by atoms with Crippen LogP contribution in [0.15, 0.2) is 24.4 Å². The molecule has 0 saturated heterocycles. The van der Waals surface area contributed by atoms with Gasteiger partial charge in [0.15, 0.2) is 0 Å². The summed E-state index contributed by atoms with van der Waals surface area (Å²) in [6, 6.07) is 5.26. The summed E-state index contributed by atoms with van der Waals surface area (Å²) in [7, 11) is 1.19. The molecule has 0 fully saturated rings. The monoisotopic (exact) mass is 373 g/mol. The number of halogens is 2. The van der Waals surface area contributed by atoms with E-state index in [9.17, 15) is 9.59 Å². The van der Waals surface area contributed by atoms with Crippen molar-refractivity contribution in [3.8, 4) is 0 Å². The van der Waals surface area contributed by atoms with E-state index in [4.69, 9.17) is 11.6 Å². The second kappa shape index (κ2) is 8.20. The Morgan fingerprint density at radius 1 is 1.33 bits per heavy atom. The van der Waals surface area contributed by atoms with Crippen molar-refractivity contribution in [2.75, 3.05) is 12.4 Å². The lowest BCUT2D eigenvalue weighted by molar-refractivity contribution is -0.135. The summed E-state index contributed by atoms with van der Waals surface area (Å²) < 4.78 is 6.37. The van der Waals surface area contributed by atoms with Crippen LogP contribution < -0.4 is 0 Å². The Balaban J connectivity index is 0.00000106. The molecule has 2 rings (SSSR count). The quantitative estimate of drug-likeness (QED) is 0.351. The van der Waals surface area contributed by atoms with E-state index in [1.54, 1.807) is 18.3 Å². The molecule has 0 atom stereocenters. The van der Waals surface area contributed by atoms with E-state index in [2.05, 4.69) is 20.7 Å². The number of methoxy groups -OCH3 is 1. The first kappa shape index (κ1) is 17.7. The van der Waals surface area contributed by atoms with Crippen molar-refractivity contribution in [3.63, 3.8) is 0 Å². The van der Waals surface area contributed by atoms with Gasteiger partial charge in [-0.1, -0.05) is 41.4 Å². The highest BCUT2D eigenvalue weighted by Gasteiger charge is 2.22. The number of esters is 1. The van der Waals surface area contributed by atoms with E-state index in [1.165, 1.54) is 7.11 Å². The highest BCUT2D eigenvalue weighted by Crippen LogP contribution is 2.25. The van der Waals surface area contributed by atoms with Gasteiger partial charge in [-0.05, 0) is 18.2 Å². The van der Waals surface area contributed by atoms with Crippen LogP contribution in [0.3, 0.4) is 0 Å². The maximum Gasteiger partial charge on any atom is 0.379 e. The molecule has 4 nitrogen and oxygen atoms in total. The van der Waals surface area contributed by atoms with Crippen molar-refractivity contribution in [2.45, 2.75) is 20.4 Å². The van der Waals surface area contributed by atoms with Crippen molar-refractivity contribution in [1.82, 2.24) is 4.57 Å². The number of alkyl halides is 1. The third-order valence-electron chi connectivity index (χ3n) is 2.78. The molecule has 21 heavy (non-hydrogen) atoms. The molecule has 0 saturated carbocycles. The predicted molar refractivity (Wildman–Crippen MR) is 88.4 cm³/mol. The molecule has 2 aromatic rings. The summed E-state index contributed by atoms with van der Waals surface area (Å²) >= 11 is 9.30. The predicted octanol–water partition coefficient (Wildman–Crippen LogP) is 4.07. The molecule has 0 aliphatic carbocycles. The summed E-state index contributed by atoms with van der Waals surface area (Å²) in [6.07, 6.45) is 1.65. The lowest BCUT2D eigenvalue weighted by Crippen LogP contribution is -2.15. The first-order valence-electron chi connectivity index (χ1n) is 6.55. The van der Waals surface area contributed by atoms with E-state index in [-0.39, 0.29) is 0 Å². The molecular formula is C15H17BrClNO3. The molecule has 0 radical (unpaired) electrons. The van der Waals surface area contributed by atoms with Crippen LogP contribution >= 0.6 is 27.5 Å². The van der Waals surface area contributed by atoms with Crippen LogP contribution in [0.4, 0.5) is 0 Å². The summed E-state index contributed by atoms with van der Waals surface area (Å²) in [5.41, 5.74) is 1.17. The maximum atomic E-state index is 12.0. The molecule has 1 aromatic heterocycles. The van der Waals surface area contributed by atoms with Gasteiger partial charge in [0.2, 0.25) is 0 Å². The molecular weight excluding hydrogens is 358 g/mol. The Bertz CT molecular complexity index is 652. The molecule has 114 valence electrons. The van der Waals surface area contributed by atoms with Gasteiger partial charge in [-0.3, -0.25) is 4.79 Å². The standard InChI is InChI=1S/C13H11BrClNO3.C2H6/c1-19-13(18)12(17)10-7-16(5-4-14)11-3-2-8(15)6-9(10)11;1-2/h2-3,6-7H,4-5H2,1H3;1-2H3. The Morgan fingerprint density at radius 3 is 2.57 bits per heavy atom. The summed E-state index contributed by atoms with van der Waals surface area (Å²) in [5, 5.41) is 1.91. The lowest BCUT2D eigenvalue weighted by Gasteiger charge is -2.01. The third-order valence-corrected chi connectivity index (χ3v) is 3.37. The van der Waals surface area contributed by atoms with Crippen molar-refractivity contribution in [1.29, 1.82) is 0 Å². The number of Topliss-reactive ketones (excluding diaryl/α,β-unsaturated/α-hetero) is 1. The zero-order valence-corrected chi connectivity index (χ0v) is 14.5.